The van der Waals surface area contributed by atoms with Crippen LogP contribution in [0.3, 0.4) is 0 Å². The van der Waals surface area contributed by atoms with Crippen LogP contribution >= 0.6 is 0 Å². The topological polar surface area (TPSA) is 28.2 Å². The number of nitrogens with zero attached hydrogens (tertiary/aromatic N) is 2. The highest BCUT2D eigenvalue weighted by atomic mass is 15.2. The van der Waals surface area contributed by atoms with E-state index in [1.807, 2.05) is 13.2 Å². The van der Waals surface area contributed by atoms with E-state index in [4.69, 9.17) is 0 Å². The fourth-order valence-corrected chi connectivity index (χ4v) is 3.19. The van der Waals surface area contributed by atoms with E-state index in [0.717, 1.165) is 11.7 Å². The van der Waals surface area contributed by atoms with Crippen molar-refractivity contribution in [2.45, 2.75) is 58.0 Å². The Morgan fingerprint density at radius 3 is 2.65 bits per heavy atom. The van der Waals surface area contributed by atoms with Gasteiger partial charge >= 0.3 is 0 Å². The van der Waals surface area contributed by atoms with Gasteiger partial charge < -0.3 is 10.2 Å². The van der Waals surface area contributed by atoms with Crippen LogP contribution in [-0.2, 0) is 0 Å². The zero-order valence-electron chi connectivity index (χ0n) is 13.4. The minimum atomic E-state index is 0.376. The van der Waals surface area contributed by atoms with E-state index in [1.165, 1.54) is 37.7 Å². The predicted octanol–water partition coefficient (Wildman–Crippen LogP) is 3.77. The van der Waals surface area contributed by atoms with Crippen LogP contribution in [0.1, 0.15) is 57.6 Å². The third kappa shape index (κ3) is 3.51. The van der Waals surface area contributed by atoms with Crippen LogP contribution in [0.4, 0.5) is 5.82 Å². The van der Waals surface area contributed by atoms with Crippen LogP contribution in [0.2, 0.25) is 0 Å². The first-order chi connectivity index (χ1) is 9.65. The van der Waals surface area contributed by atoms with Crippen molar-refractivity contribution in [3.63, 3.8) is 0 Å². The maximum absolute atomic E-state index is 4.57. The first-order valence-corrected chi connectivity index (χ1v) is 8.01. The first-order valence-electron chi connectivity index (χ1n) is 8.01. The summed E-state index contributed by atoms with van der Waals surface area (Å²) in [7, 11) is 4.20. The lowest BCUT2D eigenvalue weighted by atomic mass is 9.84. The van der Waals surface area contributed by atoms with Crippen molar-refractivity contribution in [3.05, 3.63) is 23.9 Å². The second-order valence-corrected chi connectivity index (χ2v) is 6.15. The zero-order chi connectivity index (χ0) is 14.5. The molecule has 1 aliphatic carbocycles. The molecular weight excluding hydrogens is 246 g/mol. The van der Waals surface area contributed by atoms with Crippen LogP contribution in [0, 0.1) is 5.92 Å². The van der Waals surface area contributed by atoms with Gasteiger partial charge in [0, 0.05) is 25.3 Å². The first kappa shape index (κ1) is 15.3. The lowest BCUT2D eigenvalue weighted by molar-refractivity contribution is 0.313. The van der Waals surface area contributed by atoms with Gasteiger partial charge in [0.25, 0.3) is 0 Å². The summed E-state index contributed by atoms with van der Waals surface area (Å²) in [6, 6.07) is 5.37. The van der Waals surface area contributed by atoms with E-state index in [2.05, 4.69) is 48.2 Å². The van der Waals surface area contributed by atoms with E-state index in [-0.39, 0.29) is 0 Å². The summed E-state index contributed by atoms with van der Waals surface area (Å²) in [4.78, 5) is 6.96. The van der Waals surface area contributed by atoms with E-state index < -0.39 is 0 Å². The average Bonchev–Trinajstić information content (AvgIpc) is 2.53. The number of pyridine rings is 1. The van der Waals surface area contributed by atoms with Crippen LogP contribution < -0.4 is 10.2 Å². The second kappa shape index (κ2) is 7.07. The number of anilines is 1. The van der Waals surface area contributed by atoms with Crippen molar-refractivity contribution >= 4 is 5.82 Å². The largest absolute Gasteiger partial charge is 0.357 e. The SMILES string of the molecule is CCC1CCC(N(C)c2cc(C(C)NC)ccn2)CC1. The summed E-state index contributed by atoms with van der Waals surface area (Å²) in [5.74, 6) is 2.06. The van der Waals surface area contributed by atoms with Crippen molar-refractivity contribution in [1.82, 2.24) is 10.3 Å². The third-order valence-electron chi connectivity index (χ3n) is 5.01. The van der Waals surface area contributed by atoms with E-state index >= 15 is 0 Å². The number of rotatable bonds is 5. The Hall–Kier alpha value is -1.09. The van der Waals surface area contributed by atoms with Crippen LogP contribution in [-0.4, -0.2) is 25.1 Å². The number of hydrogen-bond acceptors (Lipinski definition) is 3. The molecule has 3 nitrogen and oxygen atoms in total. The molecule has 1 fully saturated rings. The highest BCUT2D eigenvalue weighted by molar-refractivity contribution is 5.42. The maximum atomic E-state index is 4.57. The standard InChI is InChI=1S/C17H29N3/c1-5-14-6-8-16(9-7-14)20(4)17-12-15(10-11-19-17)13(2)18-3/h10-14,16,18H,5-9H2,1-4H3. The number of hydrogen-bond donors (Lipinski definition) is 1. The normalized spacial score (nSPS) is 24.4. The number of nitrogens with one attached hydrogen (secondary N) is 1. The highest BCUT2D eigenvalue weighted by Gasteiger charge is 2.24. The van der Waals surface area contributed by atoms with Crippen molar-refractivity contribution in [2.75, 3.05) is 19.0 Å². The summed E-state index contributed by atoms with van der Waals surface area (Å²) in [6.45, 7) is 4.50. The maximum Gasteiger partial charge on any atom is 0.128 e. The highest BCUT2D eigenvalue weighted by Crippen LogP contribution is 2.31. The van der Waals surface area contributed by atoms with Gasteiger partial charge in [0.1, 0.15) is 5.82 Å². The van der Waals surface area contributed by atoms with Crippen LogP contribution in [0.25, 0.3) is 0 Å². The molecule has 0 radical (unpaired) electrons. The Morgan fingerprint density at radius 2 is 2.05 bits per heavy atom. The molecule has 0 aliphatic heterocycles. The molecule has 1 saturated carbocycles. The Kier molecular flexibility index (Phi) is 5.41. The van der Waals surface area contributed by atoms with Crippen molar-refractivity contribution < 1.29 is 0 Å². The molecule has 0 amide bonds. The number of aromatic nitrogens is 1. The Morgan fingerprint density at radius 1 is 1.35 bits per heavy atom. The van der Waals surface area contributed by atoms with E-state index in [0.29, 0.717) is 12.1 Å². The van der Waals surface area contributed by atoms with Gasteiger partial charge in [0.15, 0.2) is 0 Å². The molecule has 0 bridgehead atoms. The van der Waals surface area contributed by atoms with Gasteiger partial charge in [-0.3, -0.25) is 0 Å². The van der Waals surface area contributed by atoms with Gasteiger partial charge in [-0.15, -0.1) is 0 Å². The quantitative estimate of drug-likeness (QED) is 0.886. The summed E-state index contributed by atoms with van der Waals surface area (Å²) in [5.41, 5.74) is 1.31. The van der Waals surface area contributed by atoms with Gasteiger partial charge in [-0.1, -0.05) is 13.3 Å². The van der Waals surface area contributed by atoms with Crippen molar-refractivity contribution in [3.8, 4) is 0 Å². The molecule has 2 rings (SSSR count). The van der Waals surface area contributed by atoms with E-state index in [9.17, 15) is 0 Å². The fourth-order valence-electron chi connectivity index (χ4n) is 3.19. The molecule has 0 spiro atoms. The third-order valence-corrected chi connectivity index (χ3v) is 5.01. The molecule has 20 heavy (non-hydrogen) atoms. The van der Waals surface area contributed by atoms with Gasteiger partial charge in [0.2, 0.25) is 0 Å². The molecule has 1 N–H and O–H groups in total. The average molecular weight is 275 g/mol. The summed E-state index contributed by atoms with van der Waals surface area (Å²) < 4.78 is 0. The molecule has 1 aromatic rings. The molecule has 3 heteroatoms. The Balaban J connectivity index is 2.04. The summed E-state index contributed by atoms with van der Waals surface area (Å²) in [6.07, 6.45) is 8.64. The predicted molar refractivity (Wildman–Crippen MR) is 86.2 cm³/mol. The molecule has 112 valence electrons. The molecular formula is C17H29N3. The van der Waals surface area contributed by atoms with Crippen LogP contribution in [0.15, 0.2) is 18.3 Å². The Labute approximate surface area is 123 Å². The Bertz CT molecular complexity index is 410. The lowest BCUT2D eigenvalue weighted by Crippen LogP contribution is -2.35. The zero-order valence-corrected chi connectivity index (χ0v) is 13.4. The van der Waals surface area contributed by atoms with Gasteiger partial charge in [-0.05, 0) is 63.3 Å². The minimum Gasteiger partial charge on any atom is -0.357 e. The second-order valence-electron chi connectivity index (χ2n) is 6.15. The van der Waals surface area contributed by atoms with Crippen molar-refractivity contribution in [1.29, 1.82) is 0 Å². The molecule has 0 aromatic carbocycles. The van der Waals surface area contributed by atoms with Gasteiger partial charge in [-0.2, -0.15) is 0 Å². The molecule has 1 heterocycles. The molecule has 0 saturated heterocycles. The summed E-state index contributed by atoms with van der Waals surface area (Å²) in [5, 5.41) is 3.29. The molecule has 1 aliphatic rings. The monoisotopic (exact) mass is 275 g/mol. The van der Waals surface area contributed by atoms with Crippen molar-refractivity contribution in [2.24, 2.45) is 5.92 Å². The minimum absolute atomic E-state index is 0.376. The fraction of sp³-hybridized carbons (Fsp3) is 0.706. The van der Waals surface area contributed by atoms with E-state index in [1.54, 1.807) is 0 Å². The van der Waals surface area contributed by atoms with Crippen LogP contribution in [0.5, 0.6) is 0 Å². The molecule has 1 atom stereocenters. The van der Waals surface area contributed by atoms with Gasteiger partial charge in [0.05, 0.1) is 0 Å². The molecule has 1 aromatic heterocycles. The smallest absolute Gasteiger partial charge is 0.128 e. The summed E-state index contributed by atoms with van der Waals surface area (Å²) >= 11 is 0. The van der Waals surface area contributed by atoms with Gasteiger partial charge in [-0.25, -0.2) is 4.98 Å². The molecule has 1 unspecified atom stereocenters. The lowest BCUT2D eigenvalue weighted by Gasteiger charge is -2.35.